The SMILES string of the molecule is CCOC(C)(C(=O)O)C1CCCN(C)C1. The summed E-state index contributed by atoms with van der Waals surface area (Å²) in [5.74, 6) is -0.752. The number of ether oxygens (including phenoxy) is 1. The minimum absolute atomic E-state index is 0.0914. The van der Waals surface area contributed by atoms with Crippen molar-refractivity contribution in [2.24, 2.45) is 5.92 Å². The number of hydrogen-bond donors (Lipinski definition) is 1. The summed E-state index contributed by atoms with van der Waals surface area (Å²) in [5.41, 5.74) is -1.02. The number of carboxylic acid groups (broad SMARTS) is 1. The number of carbonyl (C=O) groups is 1. The zero-order chi connectivity index (χ0) is 11.5. The van der Waals surface area contributed by atoms with E-state index in [4.69, 9.17) is 4.74 Å². The molecule has 0 aromatic heterocycles. The fourth-order valence-corrected chi connectivity index (χ4v) is 2.27. The van der Waals surface area contributed by atoms with Gasteiger partial charge in [-0.15, -0.1) is 0 Å². The largest absolute Gasteiger partial charge is 0.479 e. The molecule has 0 spiro atoms. The van der Waals surface area contributed by atoms with Gasteiger partial charge >= 0.3 is 5.97 Å². The molecule has 1 heterocycles. The predicted molar refractivity (Wildman–Crippen MR) is 57.9 cm³/mol. The number of likely N-dealkylation sites (tertiary alicyclic amines) is 1. The Bertz CT molecular complexity index is 232. The van der Waals surface area contributed by atoms with E-state index in [9.17, 15) is 9.90 Å². The summed E-state index contributed by atoms with van der Waals surface area (Å²) in [7, 11) is 2.03. The van der Waals surface area contributed by atoms with Gasteiger partial charge in [0.05, 0.1) is 0 Å². The molecular weight excluding hydrogens is 194 g/mol. The molecule has 0 radical (unpaired) electrons. The van der Waals surface area contributed by atoms with Gasteiger partial charge in [-0.25, -0.2) is 4.79 Å². The lowest BCUT2D eigenvalue weighted by Gasteiger charge is -2.39. The molecular formula is C11H21NO3. The van der Waals surface area contributed by atoms with E-state index < -0.39 is 11.6 Å². The molecule has 0 saturated carbocycles. The molecule has 1 saturated heterocycles. The highest BCUT2D eigenvalue weighted by Gasteiger charge is 2.43. The van der Waals surface area contributed by atoms with E-state index in [1.54, 1.807) is 6.92 Å². The second kappa shape index (κ2) is 4.94. The summed E-state index contributed by atoms with van der Waals surface area (Å²) in [5, 5.41) is 9.26. The highest BCUT2D eigenvalue weighted by Crippen LogP contribution is 2.30. The maximum absolute atomic E-state index is 11.3. The van der Waals surface area contributed by atoms with Crippen molar-refractivity contribution >= 4 is 5.97 Å². The van der Waals surface area contributed by atoms with Crippen LogP contribution in [0.1, 0.15) is 26.7 Å². The van der Waals surface area contributed by atoms with Gasteiger partial charge in [0.1, 0.15) is 0 Å². The van der Waals surface area contributed by atoms with E-state index >= 15 is 0 Å². The van der Waals surface area contributed by atoms with Crippen molar-refractivity contribution in [1.82, 2.24) is 4.90 Å². The molecule has 0 aliphatic carbocycles. The number of aliphatic carboxylic acids is 1. The van der Waals surface area contributed by atoms with Gasteiger partial charge in [0.25, 0.3) is 0 Å². The van der Waals surface area contributed by atoms with Crippen LogP contribution in [0.3, 0.4) is 0 Å². The van der Waals surface area contributed by atoms with E-state index in [2.05, 4.69) is 4.90 Å². The second-order valence-electron chi connectivity index (χ2n) is 4.45. The third-order valence-corrected chi connectivity index (χ3v) is 3.27. The van der Waals surface area contributed by atoms with E-state index in [0.29, 0.717) is 6.61 Å². The van der Waals surface area contributed by atoms with Crippen LogP contribution >= 0.6 is 0 Å². The van der Waals surface area contributed by atoms with Crippen LogP contribution in [0, 0.1) is 5.92 Å². The van der Waals surface area contributed by atoms with Crippen LogP contribution in [0.25, 0.3) is 0 Å². The van der Waals surface area contributed by atoms with Crippen LogP contribution in [0.2, 0.25) is 0 Å². The fourth-order valence-electron chi connectivity index (χ4n) is 2.27. The number of rotatable bonds is 4. The van der Waals surface area contributed by atoms with Crippen molar-refractivity contribution in [3.8, 4) is 0 Å². The molecule has 1 aliphatic heterocycles. The summed E-state index contributed by atoms with van der Waals surface area (Å²) < 4.78 is 5.45. The zero-order valence-corrected chi connectivity index (χ0v) is 9.82. The quantitative estimate of drug-likeness (QED) is 0.765. The minimum atomic E-state index is -1.02. The van der Waals surface area contributed by atoms with Gasteiger partial charge < -0.3 is 14.7 Å². The molecule has 4 nitrogen and oxygen atoms in total. The Hall–Kier alpha value is -0.610. The van der Waals surface area contributed by atoms with Crippen LogP contribution in [0.5, 0.6) is 0 Å². The first kappa shape index (κ1) is 12.5. The van der Waals surface area contributed by atoms with Gasteiger partial charge in [-0.1, -0.05) is 0 Å². The summed E-state index contributed by atoms with van der Waals surface area (Å²) in [4.78, 5) is 13.4. The fraction of sp³-hybridized carbons (Fsp3) is 0.909. The highest BCUT2D eigenvalue weighted by atomic mass is 16.5. The lowest BCUT2D eigenvalue weighted by atomic mass is 9.82. The van der Waals surface area contributed by atoms with Crippen LogP contribution in [-0.4, -0.2) is 48.3 Å². The molecule has 4 heteroatoms. The average molecular weight is 215 g/mol. The third kappa shape index (κ3) is 2.69. The number of carboxylic acids is 1. The standard InChI is InChI=1S/C11H21NO3/c1-4-15-11(2,10(13)14)9-6-5-7-12(3)8-9/h9H,4-8H2,1-3H3,(H,13,14). The Balaban J connectivity index is 2.74. The van der Waals surface area contributed by atoms with E-state index in [1.807, 2.05) is 14.0 Å². The molecule has 1 rings (SSSR count). The van der Waals surface area contributed by atoms with Crippen molar-refractivity contribution in [1.29, 1.82) is 0 Å². The molecule has 1 fully saturated rings. The zero-order valence-electron chi connectivity index (χ0n) is 9.82. The Labute approximate surface area is 91.2 Å². The van der Waals surface area contributed by atoms with Gasteiger partial charge in [-0.05, 0) is 40.3 Å². The molecule has 0 aromatic carbocycles. The van der Waals surface area contributed by atoms with E-state index in [0.717, 1.165) is 25.9 Å². The average Bonchev–Trinajstić information content (AvgIpc) is 2.17. The Kier molecular flexibility index (Phi) is 4.11. The van der Waals surface area contributed by atoms with Crippen molar-refractivity contribution in [2.75, 3.05) is 26.7 Å². The maximum Gasteiger partial charge on any atom is 0.336 e. The Morgan fingerprint density at radius 1 is 1.67 bits per heavy atom. The molecule has 0 aromatic rings. The van der Waals surface area contributed by atoms with Crippen molar-refractivity contribution in [2.45, 2.75) is 32.3 Å². The Morgan fingerprint density at radius 3 is 2.80 bits per heavy atom. The lowest BCUT2D eigenvalue weighted by Crippen LogP contribution is -2.51. The van der Waals surface area contributed by atoms with Gasteiger partial charge in [0.15, 0.2) is 5.60 Å². The van der Waals surface area contributed by atoms with Crippen molar-refractivity contribution in [3.05, 3.63) is 0 Å². The molecule has 0 amide bonds. The normalized spacial score (nSPS) is 27.3. The molecule has 2 unspecified atom stereocenters. The monoisotopic (exact) mass is 215 g/mol. The highest BCUT2D eigenvalue weighted by molar-refractivity contribution is 5.77. The first-order valence-corrected chi connectivity index (χ1v) is 5.56. The first-order valence-electron chi connectivity index (χ1n) is 5.56. The smallest absolute Gasteiger partial charge is 0.336 e. The first-order chi connectivity index (χ1) is 7.00. The second-order valence-corrected chi connectivity index (χ2v) is 4.45. The van der Waals surface area contributed by atoms with Crippen LogP contribution in [-0.2, 0) is 9.53 Å². The van der Waals surface area contributed by atoms with Crippen LogP contribution in [0.4, 0.5) is 0 Å². The third-order valence-electron chi connectivity index (χ3n) is 3.27. The van der Waals surface area contributed by atoms with E-state index in [-0.39, 0.29) is 5.92 Å². The molecule has 15 heavy (non-hydrogen) atoms. The van der Waals surface area contributed by atoms with Crippen LogP contribution < -0.4 is 0 Å². The number of hydrogen-bond acceptors (Lipinski definition) is 3. The lowest BCUT2D eigenvalue weighted by molar-refractivity contribution is -0.173. The topological polar surface area (TPSA) is 49.8 Å². The molecule has 88 valence electrons. The summed E-state index contributed by atoms with van der Waals surface area (Å²) in [6, 6.07) is 0. The van der Waals surface area contributed by atoms with E-state index in [1.165, 1.54) is 0 Å². The maximum atomic E-state index is 11.3. The van der Waals surface area contributed by atoms with Gasteiger partial charge in [0.2, 0.25) is 0 Å². The predicted octanol–water partition coefficient (Wildman–Crippen LogP) is 1.21. The van der Waals surface area contributed by atoms with Crippen molar-refractivity contribution in [3.63, 3.8) is 0 Å². The molecule has 0 bridgehead atoms. The number of piperidine rings is 1. The van der Waals surface area contributed by atoms with Gasteiger partial charge in [0, 0.05) is 19.1 Å². The molecule has 1 N–H and O–H groups in total. The summed E-state index contributed by atoms with van der Waals surface area (Å²) in [6.45, 7) is 5.85. The van der Waals surface area contributed by atoms with Gasteiger partial charge in [-0.2, -0.15) is 0 Å². The molecule has 1 aliphatic rings. The van der Waals surface area contributed by atoms with Crippen LogP contribution in [0.15, 0.2) is 0 Å². The molecule has 2 atom stereocenters. The summed E-state index contributed by atoms with van der Waals surface area (Å²) >= 11 is 0. The summed E-state index contributed by atoms with van der Waals surface area (Å²) in [6.07, 6.45) is 1.99. The van der Waals surface area contributed by atoms with Crippen molar-refractivity contribution < 1.29 is 14.6 Å². The van der Waals surface area contributed by atoms with Gasteiger partial charge in [-0.3, -0.25) is 0 Å². The Morgan fingerprint density at radius 2 is 2.33 bits per heavy atom. The number of nitrogens with zero attached hydrogens (tertiary/aromatic N) is 1. The minimum Gasteiger partial charge on any atom is -0.479 e.